The highest BCUT2D eigenvalue weighted by molar-refractivity contribution is 7.97. The highest BCUT2D eigenvalue weighted by Crippen LogP contribution is 2.33. The second-order valence-electron chi connectivity index (χ2n) is 6.33. The Kier molecular flexibility index (Phi) is 7.75. The van der Waals surface area contributed by atoms with Gasteiger partial charge in [0, 0.05) is 11.9 Å². The van der Waals surface area contributed by atoms with E-state index in [2.05, 4.69) is 0 Å². The van der Waals surface area contributed by atoms with Crippen LogP contribution >= 0.6 is 11.9 Å². The van der Waals surface area contributed by atoms with Crippen LogP contribution in [0.3, 0.4) is 0 Å². The smallest absolute Gasteiger partial charge is 0.334 e. The molecule has 1 atom stereocenters. The third-order valence-corrected chi connectivity index (χ3v) is 4.88. The molecule has 0 saturated heterocycles. The van der Waals surface area contributed by atoms with Crippen molar-refractivity contribution in [1.82, 2.24) is 9.29 Å². The summed E-state index contributed by atoms with van der Waals surface area (Å²) in [4.78, 5) is 11.8. The quantitative estimate of drug-likeness (QED) is 0.373. The number of carbonyl (C=O) groups excluding carboxylic acids is 1. The monoisotopic (exact) mass is 497 g/mol. The van der Waals surface area contributed by atoms with E-state index in [4.69, 9.17) is 0 Å². The van der Waals surface area contributed by atoms with Crippen LogP contribution in [-0.4, -0.2) is 29.1 Å². The van der Waals surface area contributed by atoms with Gasteiger partial charge in [0.1, 0.15) is 17.6 Å². The third-order valence-electron chi connectivity index (χ3n) is 3.90. The Hall–Kier alpha value is -2.42. The van der Waals surface area contributed by atoms with E-state index in [0.29, 0.717) is 23.8 Å². The number of anilines is 1. The van der Waals surface area contributed by atoms with Gasteiger partial charge in [0.25, 0.3) is 12.3 Å². The topological polar surface area (TPSA) is 46.1 Å². The van der Waals surface area contributed by atoms with Crippen LogP contribution in [0.25, 0.3) is 0 Å². The van der Waals surface area contributed by atoms with E-state index in [9.17, 15) is 48.7 Å². The molecular formula is C17H13F10N3OS. The summed E-state index contributed by atoms with van der Waals surface area (Å²) in [6.45, 7) is -0.520. The fourth-order valence-corrected chi connectivity index (χ4v) is 3.13. The molecule has 1 amide bonds. The van der Waals surface area contributed by atoms with Crippen molar-refractivity contribution in [2.45, 2.75) is 43.2 Å². The van der Waals surface area contributed by atoms with E-state index in [1.807, 2.05) is 10.0 Å². The van der Waals surface area contributed by atoms with Gasteiger partial charge in [-0.1, -0.05) is 0 Å². The summed E-state index contributed by atoms with van der Waals surface area (Å²) in [5.74, 6) is -4.60. The molecule has 2 aromatic rings. The van der Waals surface area contributed by atoms with Crippen LogP contribution < -0.4 is 10.0 Å². The number of nitrogens with zero attached hydrogens (tertiary/aromatic N) is 1. The summed E-state index contributed by atoms with van der Waals surface area (Å²) in [6.07, 6.45) is -12.3. The Bertz CT molecular complexity index is 971. The number of halogens is 10. The summed E-state index contributed by atoms with van der Waals surface area (Å²) in [5.41, 5.74) is -3.42. The number of nitrogens with one attached hydrogen (secondary N) is 2. The van der Waals surface area contributed by atoms with E-state index < -0.39 is 70.7 Å². The number of carbonyl (C=O) groups is 1. The standard InChI is InChI=1S/C17H13F10N3OS/c1-7(16(22,23)24)29-32-11-5-30(6-12(19)20)14(13(11)21)15(31)28-8-2-3-10(18)9(4-8)17(25,26)27/h2-5,7,12,29H,6H2,1H3,(H,28,31). The average molecular weight is 497 g/mol. The first-order valence-corrected chi connectivity index (χ1v) is 9.26. The van der Waals surface area contributed by atoms with Crippen LogP contribution in [0.4, 0.5) is 49.6 Å². The van der Waals surface area contributed by atoms with Crippen LogP contribution in [0.5, 0.6) is 0 Å². The second-order valence-corrected chi connectivity index (χ2v) is 7.21. The summed E-state index contributed by atoms with van der Waals surface area (Å²) in [7, 11) is 0. The first kappa shape index (κ1) is 25.8. The minimum atomic E-state index is -5.11. The molecule has 2 N–H and O–H groups in total. The van der Waals surface area contributed by atoms with Crippen molar-refractivity contribution >= 4 is 23.5 Å². The van der Waals surface area contributed by atoms with Crippen molar-refractivity contribution in [3.8, 4) is 0 Å². The zero-order chi connectivity index (χ0) is 24.4. The van der Waals surface area contributed by atoms with Gasteiger partial charge in [-0.2, -0.15) is 26.3 Å². The summed E-state index contributed by atoms with van der Waals surface area (Å²) in [5, 5.41) is 1.83. The predicted octanol–water partition coefficient (Wildman–Crippen LogP) is 5.85. The molecule has 1 heterocycles. The largest absolute Gasteiger partial charge is 0.419 e. The number of rotatable bonds is 7. The molecule has 178 valence electrons. The van der Waals surface area contributed by atoms with Gasteiger partial charge in [-0.3, -0.25) is 4.79 Å². The first-order valence-electron chi connectivity index (χ1n) is 8.45. The maximum atomic E-state index is 14.7. The average Bonchev–Trinajstić information content (AvgIpc) is 2.94. The lowest BCUT2D eigenvalue weighted by atomic mass is 10.1. The van der Waals surface area contributed by atoms with Gasteiger partial charge in [0.05, 0.1) is 17.0 Å². The van der Waals surface area contributed by atoms with Crippen LogP contribution in [0.2, 0.25) is 0 Å². The SMILES string of the molecule is CC(NSc1cn(CC(F)F)c(C(=O)Nc2ccc(F)c(C(F)(F)F)c2)c1F)C(F)(F)F. The number of hydrogen-bond donors (Lipinski definition) is 2. The normalized spacial score (nSPS) is 13.5. The van der Waals surface area contributed by atoms with Crippen LogP contribution in [0, 0.1) is 11.6 Å². The molecule has 15 heteroatoms. The van der Waals surface area contributed by atoms with Gasteiger partial charge in [-0.15, -0.1) is 0 Å². The summed E-state index contributed by atoms with van der Waals surface area (Å²) >= 11 is 0.0865. The van der Waals surface area contributed by atoms with E-state index in [1.165, 1.54) is 0 Å². The van der Waals surface area contributed by atoms with Crippen molar-refractivity contribution in [3.05, 3.63) is 47.3 Å². The third kappa shape index (κ3) is 6.31. The molecule has 0 aliphatic carbocycles. The lowest BCUT2D eigenvalue weighted by Crippen LogP contribution is -2.35. The fraction of sp³-hybridized carbons (Fsp3) is 0.353. The van der Waals surface area contributed by atoms with Crippen molar-refractivity contribution in [3.63, 3.8) is 0 Å². The van der Waals surface area contributed by atoms with Gasteiger partial charge in [0.15, 0.2) is 5.82 Å². The minimum Gasteiger partial charge on any atom is -0.334 e. The number of aromatic nitrogens is 1. The van der Waals surface area contributed by atoms with Crippen LogP contribution in [-0.2, 0) is 12.7 Å². The number of benzene rings is 1. The molecule has 1 aromatic heterocycles. The Morgan fingerprint density at radius 2 is 1.75 bits per heavy atom. The molecule has 0 saturated carbocycles. The first-order chi connectivity index (χ1) is 14.6. The number of hydrogen-bond acceptors (Lipinski definition) is 3. The van der Waals surface area contributed by atoms with Crippen LogP contribution in [0.15, 0.2) is 29.3 Å². The maximum absolute atomic E-state index is 14.7. The molecule has 1 unspecified atom stereocenters. The maximum Gasteiger partial charge on any atom is 0.419 e. The highest BCUT2D eigenvalue weighted by atomic mass is 32.2. The van der Waals surface area contributed by atoms with Crippen molar-refractivity contribution in [1.29, 1.82) is 0 Å². The van der Waals surface area contributed by atoms with Crippen LogP contribution in [0.1, 0.15) is 23.0 Å². The molecule has 0 spiro atoms. The van der Waals surface area contributed by atoms with Gasteiger partial charge >= 0.3 is 12.4 Å². The molecule has 32 heavy (non-hydrogen) atoms. The van der Waals surface area contributed by atoms with Gasteiger partial charge in [-0.05, 0) is 37.1 Å². The van der Waals surface area contributed by atoms with Crippen molar-refractivity contribution < 1.29 is 48.7 Å². The molecule has 0 aliphatic rings. The molecule has 0 aliphatic heterocycles. The molecule has 1 aromatic carbocycles. The Morgan fingerprint density at radius 3 is 2.28 bits per heavy atom. The predicted molar refractivity (Wildman–Crippen MR) is 94.3 cm³/mol. The highest BCUT2D eigenvalue weighted by Gasteiger charge is 2.37. The minimum absolute atomic E-state index is 0.0865. The van der Waals surface area contributed by atoms with Crippen molar-refractivity contribution in [2.24, 2.45) is 0 Å². The van der Waals surface area contributed by atoms with E-state index >= 15 is 0 Å². The molecular weight excluding hydrogens is 484 g/mol. The lowest BCUT2D eigenvalue weighted by Gasteiger charge is -2.15. The molecule has 4 nitrogen and oxygen atoms in total. The van der Waals surface area contributed by atoms with Gasteiger partial charge in [0.2, 0.25) is 0 Å². The van der Waals surface area contributed by atoms with E-state index in [0.717, 1.165) is 6.07 Å². The zero-order valence-electron chi connectivity index (χ0n) is 15.7. The Labute approximate surface area is 178 Å². The number of alkyl halides is 8. The van der Waals surface area contributed by atoms with Crippen molar-refractivity contribution in [2.75, 3.05) is 5.32 Å². The Balaban J connectivity index is 2.34. The lowest BCUT2D eigenvalue weighted by molar-refractivity contribution is -0.146. The molecule has 2 rings (SSSR count). The fourth-order valence-electron chi connectivity index (χ4n) is 2.33. The summed E-state index contributed by atoms with van der Waals surface area (Å²) < 4.78 is 132. The van der Waals surface area contributed by atoms with Gasteiger partial charge < -0.3 is 9.88 Å². The van der Waals surface area contributed by atoms with E-state index in [1.54, 1.807) is 0 Å². The number of amides is 1. The van der Waals surface area contributed by atoms with E-state index in [-0.39, 0.29) is 18.0 Å². The zero-order valence-corrected chi connectivity index (χ0v) is 16.5. The molecule has 0 radical (unpaired) electrons. The summed E-state index contributed by atoms with van der Waals surface area (Å²) in [6, 6.07) is -0.796. The second kappa shape index (κ2) is 9.60. The van der Waals surface area contributed by atoms with Gasteiger partial charge in [-0.25, -0.2) is 22.3 Å². The molecule has 0 fully saturated rings. The molecule has 0 bridgehead atoms. The Morgan fingerprint density at radius 1 is 1.12 bits per heavy atom.